The van der Waals surface area contributed by atoms with E-state index < -0.39 is 55.0 Å². The Morgan fingerprint density at radius 3 is 1.39 bits per heavy atom. The van der Waals surface area contributed by atoms with Gasteiger partial charge in [-0.1, -0.05) is 192 Å². The minimum atomic E-state index is -1.36. The van der Waals surface area contributed by atoms with Crippen LogP contribution in [0.2, 0.25) is 0 Å². The summed E-state index contributed by atoms with van der Waals surface area (Å²) in [5.74, 6) is 0. The molecule has 1 saturated heterocycles. The Morgan fingerprint density at radius 1 is 0.507 bits per heavy atom. The molecular weight excluding hydrogens is 877 g/mol. The highest BCUT2D eigenvalue weighted by Gasteiger charge is 2.49. The molecule has 0 amide bonds. The van der Waals surface area contributed by atoms with Crippen molar-refractivity contribution in [1.82, 2.24) is 0 Å². The molecule has 1 heterocycles. The lowest BCUT2D eigenvalue weighted by atomic mass is 9.96. The number of hydrogen-bond acceptors (Lipinski definition) is 11. The SMILES string of the molecule is [N-]=[N+]=N[C@H]1[C@H](O[C@@H](COCc2ccccc2)[C@@H](OCc2ccccc2)[C@H](OCc2ccccc2)[C@@H](COCc2ccccc2)N=[N+]=[N-])O[C@H](COCc2ccccc2)[C@@H](O)[C@@H]1OCc1ccccc1. The molecule has 7 rings (SSSR count). The summed E-state index contributed by atoms with van der Waals surface area (Å²) in [7, 11) is 0. The van der Waals surface area contributed by atoms with E-state index in [1.165, 1.54) is 0 Å². The molecule has 0 radical (unpaired) electrons. The van der Waals surface area contributed by atoms with E-state index in [2.05, 4.69) is 20.1 Å². The van der Waals surface area contributed by atoms with E-state index in [0.29, 0.717) is 0 Å². The van der Waals surface area contributed by atoms with Gasteiger partial charge in [-0.05, 0) is 44.4 Å². The molecule has 0 bridgehead atoms. The Morgan fingerprint density at radius 2 is 0.928 bits per heavy atom. The van der Waals surface area contributed by atoms with Crippen molar-refractivity contribution in [3.8, 4) is 0 Å². The number of rotatable bonds is 28. The van der Waals surface area contributed by atoms with Crippen LogP contribution in [0.1, 0.15) is 33.4 Å². The van der Waals surface area contributed by atoms with Gasteiger partial charge in [0.05, 0.1) is 77.7 Å². The van der Waals surface area contributed by atoms with Crippen molar-refractivity contribution in [2.45, 2.75) is 94.6 Å². The quantitative estimate of drug-likeness (QED) is 0.0283. The van der Waals surface area contributed by atoms with E-state index in [1.807, 2.05) is 182 Å². The predicted octanol–water partition coefficient (Wildman–Crippen LogP) is 10.2. The van der Waals surface area contributed by atoms with Gasteiger partial charge in [0, 0.05) is 9.82 Å². The zero-order valence-corrected chi connectivity index (χ0v) is 38.3. The molecule has 1 aliphatic heterocycles. The van der Waals surface area contributed by atoms with Crippen LogP contribution in [0, 0.1) is 0 Å². The first-order chi connectivity index (χ1) is 34.1. The Bertz CT molecular complexity index is 2440. The summed E-state index contributed by atoms with van der Waals surface area (Å²) in [6.07, 6.45) is -7.98. The maximum Gasteiger partial charge on any atom is 0.169 e. The van der Waals surface area contributed by atoms with E-state index >= 15 is 0 Å². The number of ether oxygens (including phenoxy) is 8. The summed E-state index contributed by atoms with van der Waals surface area (Å²) in [6, 6.07) is 55.5. The van der Waals surface area contributed by atoms with Gasteiger partial charge in [-0.2, -0.15) is 0 Å². The topological polar surface area (TPSA) is 192 Å². The lowest BCUT2D eigenvalue weighted by molar-refractivity contribution is -0.304. The first-order valence-corrected chi connectivity index (χ1v) is 23.0. The summed E-state index contributed by atoms with van der Waals surface area (Å²) in [5.41, 5.74) is 25.5. The Balaban J connectivity index is 1.27. The van der Waals surface area contributed by atoms with Crippen LogP contribution < -0.4 is 0 Å². The highest BCUT2D eigenvalue weighted by Crippen LogP contribution is 2.32. The number of aliphatic hydroxyl groups is 1. The maximum atomic E-state index is 12.0. The summed E-state index contributed by atoms with van der Waals surface area (Å²) in [5, 5.41) is 20.4. The molecular formula is C54H58N6O9. The van der Waals surface area contributed by atoms with E-state index in [9.17, 15) is 16.2 Å². The molecule has 6 aromatic rings. The van der Waals surface area contributed by atoms with E-state index in [0.717, 1.165) is 33.4 Å². The minimum absolute atomic E-state index is 0.0507. The maximum absolute atomic E-state index is 12.0. The van der Waals surface area contributed by atoms with E-state index in [1.54, 1.807) is 0 Å². The summed E-state index contributed by atoms with van der Waals surface area (Å²) in [4.78, 5) is 6.47. The zero-order valence-electron chi connectivity index (χ0n) is 38.3. The molecule has 358 valence electrons. The molecule has 0 aromatic heterocycles. The monoisotopic (exact) mass is 934 g/mol. The molecule has 0 aliphatic carbocycles. The number of hydrogen-bond donors (Lipinski definition) is 1. The van der Waals surface area contributed by atoms with Crippen LogP contribution in [-0.2, 0) is 77.5 Å². The molecule has 69 heavy (non-hydrogen) atoms. The zero-order chi connectivity index (χ0) is 47.7. The summed E-state index contributed by atoms with van der Waals surface area (Å²) < 4.78 is 52.8. The van der Waals surface area contributed by atoms with Crippen molar-refractivity contribution in [2.24, 2.45) is 10.2 Å². The van der Waals surface area contributed by atoms with Crippen LogP contribution in [0.4, 0.5) is 0 Å². The van der Waals surface area contributed by atoms with Crippen LogP contribution in [0.5, 0.6) is 0 Å². The summed E-state index contributed by atoms with van der Waals surface area (Å²) in [6.45, 7) is 0.742. The fraction of sp³-hybridized carbons (Fsp3) is 0.333. The number of benzene rings is 6. The third kappa shape index (κ3) is 16.1. The van der Waals surface area contributed by atoms with Gasteiger partial charge in [0.15, 0.2) is 6.29 Å². The average Bonchev–Trinajstić information content (AvgIpc) is 3.39. The Hall–Kier alpha value is -6.42. The lowest BCUT2D eigenvalue weighted by Gasteiger charge is -2.45. The fourth-order valence-corrected chi connectivity index (χ4v) is 7.92. The van der Waals surface area contributed by atoms with Crippen molar-refractivity contribution in [3.63, 3.8) is 0 Å². The van der Waals surface area contributed by atoms with Gasteiger partial charge in [-0.15, -0.1) is 0 Å². The second kappa shape index (κ2) is 28.2. The smallest absolute Gasteiger partial charge is 0.169 e. The third-order valence-electron chi connectivity index (χ3n) is 11.4. The Kier molecular flexibility index (Phi) is 20.6. The van der Waals surface area contributed by atoms with Gasteiger partial charge in [0.1, 0.15) is 30.5 Å². The van der Waals surface area contributed by atoms with Gasteiger partial charge < -0.3 is 43.0 Å². The molecule has 1 fully saturated rings. The molecule has 1 aliphatic rings. The number of nitrogens with zero attached hydrogens (tertiary/aromatic N) is 6. The normalized spacial score (nSPS) is 19.6. The first-order valence-electron chi connectivity index (χ1n) is 23.0. The van der Waals surface area contributed by atoms with Crippen LogP contribution in [-0.4, -0.2) is 79.9 Å². The second-order valence-corrected chi connectivity index (χ2v) is 16.5. The van der Waals surface area contributed by atoms with Gasteiger partial charge in [-0.25, -0.2) is 0 Å². The molecule has 0 saturated carbocycles. The Labute approximate surface area is 402 Å². The molecule has 0 unspecified atom stereocenters. The highest BCUT2D eigenvalue weighted by molar-refractivity contribution is 5.18. The van der Waals surface area contributed by atoms with Crippen molar-refractivity contribution >= 4 is 0 Å². The molecule has 9 atom stereocenters. The second-order valence-electron chi connectivity index (χ2n) is 16.5. The van der Waals surface area contributed by atoms with Gasteiger partial charge in [-0.3, -0.25) is 0 Å². The number of azide groups is 2. The molecule has 0 spiro atoms. The number of aliphatic hydroxyl groups excluding tert-OH is 1. The lowest BCUT2D eigenvalue weighted by Crippen LogP contribution is -2.61. The van der Waals surface area contributed by atoms with Crippen molar-refractivity contribution in [2.75, 3.05) is 19.8 Å². The average molecular weight is 935 g/mol. The standard InChI is InChI=1S/C54H58N6O9/c55-59-57-46(37-62-31-40-19-7-1-8-20-40)51(65-34-43-25-13-4-14-26-43)52(66-35-44-27-15-5-16-28-44)48(39-64-33-42-23-11-3-12-24-42)69-54-49(58-60-56)53(67-36-45-29-17-6-18-30-45)50(61)47(68-54)38-63-32-41-21-9-2-10-22-41/h1-30,46-54,61H,31-39H2/t46-,47-,48+,49-,50-,51-,52-,53-,54+/m1/s1. The third-order valence-corrected chi connectivity index (χ3v) is 11.4. The van der Waals surface area contributed by atoms with Crippen LogP contribution in [0.25, 0.3) is 20.9 Å². The van der Waals surface area contributed by atoms with Crippen LogP contribution in [0.3, 0.4) is 0 Å². The van der Waals surface area contributed by atoms with E-state index in [-0.39, 0.29) is 59.5 Å². The first kappa shape index (κ1) is 50.5. The minimum Gasteiger partial charge on any atom is -0.388 e. The molecule has 6 aromatic carbocycles. The van der Waals surface area contributed by atoms with Crippen molar-refractivity contribution in [3.05, 3.63) is 236 Å². The van der Waals surface area contributed by atoms with E-state index in [4.69, 9.17) is 37.9 Å². The largest absolute Gasteiger partial charge is 0.388 e. The highest BCUT2D eigenvalue weighted by atomic mass is 16.7. The molecule has 1 N–H and O–H groups in total. The predicted molar refractivity (Wildman–Crippen MR) is 259 cm³/mol. The van der Waals surface area contributed by atoms with Gasteiger partial charge in [0.25, 0.3) is 0 Å². The van der Waals surface area contributed by atoms with Crippen molar-refractivity contribution in [1.29, 1.82) is 0 Å². The van der Waals surface area contributed by atoms with Gasteiger partial charge >= 0.3 is 0 Å². The van der Waals surface area contributed by atoms with Crippen molar-refractivity contribution < 1.29 is 43.0 Å². The fourth-order valence-electron chi connectivity index (χ4n) is 7.92. The van der Waals surface area contributed by atoms with Gasteiger partial charge in [0.2, 0.25) is 0 Å². The van der Waals surface area contributed by atoms with Crippen LogP contribution >= 0.6 is 0 Å². The van der Waals surface area contributed by atoms with Crippen LogP contribution in [0.15, 0.2) is 192 Å². The molecule has 15 heteroatoms. The summed E-state index contributed by atoms with van der Waals surface area (Å²) >= 11 is 0. The molecule has 15 nitrogen and oxygen atoms in total.